The van der Waals surface area contributed by atoms with Gasteiger partial charge >= 0.3 is 5.97 Å². The quantitative estimate of drug-likeness (QED) is 0.627. The van der Waals surface area contributed by atoms with E-state index in [0.29, 0.717) is 11.2 Å². The number of ether oxygens (including phenoxy) is 1. The van der Waals surface area contributed by atoms with Crippen molar-refractivity contribution in [3.63, 3.8) is 0 Å². The highest BCUT2D eigenvalue weighted by molar-refractivity contribution is 5.94. The Bertz CT molecular complexity index is 1070. The van der Waals surface area contributed by atoms with Gasteiger partial charge in [0, 0.05) is 18.0 Å². The van der Waals surface area contributed by atoms with E-state index in [1.54, 1.807) is 31.5 Å². The lowest BCUT2D eigenvalue weighted by Crippen LogP contribution is -2.00. The summed E-state index contributed by atoms with van der Waals surface area (Å²) in [5.74, 6) is -0.220. The Kier molecular flexibility index (Phi) is 3.16. The lowest BCUT2D eigenvalue weighted by Gasteiger charge is -2.09. The summed E-state index contributed by atoms with van der Waals surface area (Å²) >= 11 is 0. The van der Waals surface area contributed by atoms with Crippen molar-refractivity contribution in [3.05, 3.63) is 60.4 Å². The van der Waals surface area contributed by atoms with Crippen LogP contribution in [0.3, 0.4) is 0 Å². The molecule has 0 atom stereocenters. The molecule has 0 aliphatic carbocycles. The molecule has 0 unspecified atom stereocenters. The molecule has 0 spiro atoms. The number of carboxylic acids is 1. The Morgan fingerprint density at radius 2 is 1.96 bits per heavy atom. The maximum atomic E-state index is 11.2. The van der Waals surface area contributed by atoms with Gasteiger partial charge in [-0.25, -0.2) is 14.8 Å². The first-order chi connectivity index (χ1) is 11.7. The summed E-state index contributed by atoms with van der Waals surface area (Å²) in [5.41, 5.74) is 3.91. The maximum Gasteiger partial charge on any atom is 0.335 e. The molecule has 0 aliphatic heterocycles. The zero-order valence-electron chi connectivity index (χ0n) is 12.8. The van der Waals surface area contributed by atoms with E-state index in [0.717, 1.165) is 22.5 Å². The first-order valence-corrected chi connectivity index (χ1v) is 7.32. The Morgan fingerprint density at radius 1 is 1.17 bits per heavy atom. The Hall–Kier alpha value is -3.41. The van der Waals surface area contributed by atoms with Gasteiger partial charge in [-0.2, -0.15) is 0 Å². The molecule has 2 heterocycles. The van der Waals surface area contributed by atoms with Crippen molar-refractivity contribution in [2.75, 3.05) is 7.11 Å². The van der Waals surface area contributed by atoms with Crippen LogP contribution in [0.4, 0.5) is 0 Å². The van der Waals surface area contributed by atoms with E-state index in [9.17, 15) is 9.90 Å². The van der Waals surface area contributed by atoms with E-state index in [2.05, 4.69) is 9.97 Å². The molecule has 1 N–H and O–H groups in total. The van der Waals surface area contributed by atoms with Gasteiger partial charge in [-0.05, 0) is 42.5 Å². The van der Waals surface area contributed by atoms with E-state index < -0.39 is 5.97 Å². The minimum Gasteiger partial charge on any atom is -0.497 e. The predicted octanol–water partition coefficient (Wildman–Crippen LogP) is 3.26. The number of nitrogens with zero attached hydrogens (tertiary/aromatic N) is 3. The van der Waals surface area contributed by atoms with E-state index in [4.69, 9.17) is 4.74 Å². The molecule has 0 radical (unpaired) electrons. The molecule has 118 valence electrons. The number of imidazole rings is 1. The van der Waals surface area contributed by atoms with Crippen LogP contribution in [-0.4, -0.2) is 32.6 Å². The van der Waals surface area contributed by atoms with Crippen LogP contribution in [0.1, 0.15) is 10.4 Å². The molecule has 6 heteroatoms. The second-order valence-electron chi connectivity index (χ2n) is 5.32. The number of hydrogen-bond acceptors (Lipinski definition) is 4. The molecule has 0 amide bonds. The largest absolute Gasteiger partial charge is 0.497 e. The third-order valence-electron chi connectivity index (χ3n) is 3.93. The summed E-state index contributed by atoms with van der Waals surface area (Å²) in [4.78, 5) is 20.3. The van der Waals surface area contributed by atoms with Crippen LogP contribution in [0.25, 0.3) is 27.9 Å². The minimum absolute atomic E-state index is 0.204. The first-order valence-electron chi connectivity index (χ1n) is 7.32. The van der Waals surface area contributed by atoms with Gasteiger partial charge in [0.15, 0.2) is 5.65 Å². The third kappa shape index (κ3) is 2.16. The standard InChI is InChI=1S/C18H13N3O3/c1-24-13-5-2-11(3-6-13)16-17-19-8-9-21(17)15-7-4-12(18(22)23)10-14(15)20-16/h2-10H,1H3,(H,22,23). The maximum absolute atomic E-state index is 11.2. The van der Waals surface area contributed by atoms with Gasteiger partial charge in [-0.1, -0.05) is 0 Å². The van der Waals surface area contributed by atoms with Gasteiger partial charge in [0.1, 0.15) is 11.4 Å². The topological polar surface area (TPSA) is 76.7 Å². The highest BCUT2D eigenvalue weighted by Gasteiger charge is 2.13. The predicted molar refractivity (Wildman–Crippen MR) is 89.4 cm³/mol. The molecule has 0 bridgehead atoms. The van der Waals surface area contributed by atoms with E-state index in [1.807, 2.05) is 34.9 Å². The fraction of sp³-hybridized carbons (Fsp3) is 0.0556. The Morgan fingerprint density at radius 3 is 2.67 bits per heavy atom. The Labute approximate surface area is 137 Å². The summed E-state index contributed by atoms with van der Waals surface area (Å²) < 4.78 is 7.09. The number of aromatic carboxylic acids is 1. The van der Waals surface area contributed by atoms with Gasteiger partial charge in [0.2, 0.25) is 0 Å². The summed E-state index contributed by atoms with van der Waals surface area (Å²) in [5, 5.41) is 9.20. The van der Waals surface area contributed by atoms with Crippen LogP contribution in [0.5, 0.6) is 5.75 Å². The molecule has 24 heavy (non-hydrogen) atoms. The number of carboxylic acid groups (broad SMARTS) is 1. The smallest absolute Gasteiger partial charge is 0.335 e. The van der Waals surface area contributed by atoms with E-state index in [-0.39, 0.29) is 5.56 Å². The second kappa shape index (κ2) is 5.34. The van der Waals surface area contributed by atoms with Crippen molar-refractivity contribution in [3.8, 4) is 17.0 Å². The molecular formula is C18H13N3O3. The minimum atomic E-state index is -0.976. The van der Waals surface area contributed by atoms with Crippen LogP contribution < -0.4 is 4.74 Å². The molecule has 0 fully saturated rings. The summed E-state index contributed by atoms with van der Waals surface area (Å²) in [6.45, 7) is 0. The van der Waals surface area contributed by atoms with Gasteiger partial charge in [0.25, 0.3) is 0 Å². The summed E-state index contributed by atoms with van der Waals surface area (Å²) in [7, 11) is 1.61. The van der Waals surface area contributed by atoms with Crippen molar-refractivity contribution in [2.24, 2.45) is 0 Å². The number of aromatic nitrogens is 3. The number of hydrogen-bond donors (Lipinski definition) is 1. The fourth-order valence-corrected chi connectivity index (χ4v) is 2.74. The first kappa shape index (κ1) is 14.2. The lowest BCUT2D eigenvalue weighted by molar-refractivity contribution is 0.0697. The normalized spacial score (nSPS) is 11.0. The molecular weight excluding hydrogens is 306 g/mol. The monoisotopic (exact) mass is 319 g/mol. The molecule has 0 saturated carbocycles. The van der Waals surface area contributed by atoms with Crippen LogP contribution in [0.15, 0.2) is 54.9 Å². The van der Waals surface area contributed by atoms with Crippen molar-refractivity contribution in [2.45, 2.75) is 0 Å². The zero-order chi connectivity index (χ0) is 16.7. The highest BCUT2D eigenvalue weighted by atomic mass is 16.5. The fourth-order valence-electron chi connectivity index (χ4n) is 2.74. The molecule has 4 rings (SSSR count). The third-order valence-corrected chi connectivity index (χ3v) is 3.93. The van der Waals surface area contributed by atoms with Gasteiger partial charge in [0.05, 0.1) is 23.7 Å². The van der Waals surface area contributed by atoms with Gasteiger partial charge in [-0.3, -0.25) is 4.40 Å². The average molecular weight is 319 g/mol. The summed E-state index contributed by atoms with van der Waals surface area (Å²) in [6, 6.07) is 12.4. The van der Waals surface area contributed by atoms with Crippen molar-refractivity contribution < 1.29 is 14.6 Å². The van der Waals surface area contributed by atoms with E-state index in [1.165, 1.54) is 0 Å². The molecule has 0 saturated heterocycles. The SMILES string of the molecule is COc1ccc(-c2nc3cc(C(=O)O)ccc3n3ccnc23)cc1. The van der Waals surface area contributed by atoms with Crippen LogP contribution in [0.2, 0.25) is 0 Å². The van der Waals surface area contributed by atoms with Crippen molar-refractivity contribution in [1.82, 2.24) is 14.4 Å². The number of benzene rings is 2. The van der Waals surface area contributed by atoms with E-state index >= 15 is 0 Å². The van der Waals surface area contributed by atoms with Crippen molar-refractivity contribution >= 4 is 22.6 Å². The van der Waals surface area contributed by atoms with Crippen LogP contribution in [-0.2, 0) is 0 Å². The molecule has 4 aromatic rings. The zero-order valence-corrected chi connectivity index (χ0v) is 12.8. The van der Waals surface area contributed by atoms with Crippen LogP contribution >= 0.6 is 0 Å². The average Bonchev–Trinajstić information content (AvgIpc) is 3.10. The molecule has 6 nitrogen and oxygen atoms in total. The molecule has 2 aromatic carbocycles. The van der Waals surface area contributed by atoms with Crippen LogP contribution in [0, 0.1) is 0 Å². The molecule has 2 aromatic heterocycles. The second-order valence-corrected chi connectivity index (χ2v) is 5.32. The van der Waals surface area contributed by atoms with Crippen molar-refractivity contribution in [1.29, 1.82) is 0 Å². The van der Waals surface area contributed by atoms with Gasteiger partial charge in [-0.15, -0.1) is 0 Å². The summed E-state index contributed by atoms with van der Waals surface area (Å²) in [6.07, 6.45) is 3.54. The van der Waals surface area contributed by atoms with Gasteiger partial charge < -0.3 is 9.84 Å². The molecule has 0 aliphatic rings. The number of carbonyl (C=O) groups is 1. The highest BCUT2D eigenvalue weighted by Crippen LogP contribution is 2.27. The number of fused-ring (bicyclic) bond motifs is 3. The number of methoxy groups -OCH3 is 1. The number of rotatable bonds is 3. The lowest BCUT2D eigenvalue weighted by atomic mass is 10.1. The Balaban J connectivity index is 2.01.